The predicted molar refractivity (Wildman–Crippen MR) is 63.0 cm³/mol. The summed E-state index contributed by atoms with van der Waals surface area (Å²) in [6.07, 6.45) is 5.85. The first-order valence-corrected chi connectivity index (χ1v) is 5.69. The van der Waals surface area contributed by atoms with Crippen LogP contribution in [-0.2, 0) is 0 Å². The summed E-state index contributed by atoms with van der Waals surface area (Å²) in [5, 5.41) is 15.6. The number of hydrogen-bond acceptors (Lipinski definition) is 4. The lowest BCUT2D eigenvalue weighted by molar-refractivity contribution is 0.393. The zero-order valence-corrected chi connectivity index (χ0v) is 9.24. The predicted octanol–water partition coefficient (Wildman–Crippen LogP) is 1.36. The maximum absolute atomic E-state index is 8.93. The average molecular weight is 216 g/mol. The quantitative estimate of drug-likeness (QED) is 0.801. The second-order valence-electron chi connectivity index (χ2n) is 4.13. The molecular formula is C12H16N4. The topological polar surface area (TPSA) is 60.7 Å². The van der Waals surface area contributed by atoms with Crippen molar-refractivity contribution in [3.05, 3.63) is 24.0 Å². The number of nitriles is 1. The number of hydrogen-bond donors (Lipinski definition) is 2. The van der Waals surface area contributed by atoms with Gasteiger partial charge in [-0.2, -0.15) is 5.26 Å². The molecule has 1 aromatic rings. The summed E-state index contributed by atoms with van der Waals surface area (Å²) >= 11 is 0. The molecule has 2 heterocycles. The van der Waals surface area contributed by atoms with Crippen molar-refractivity contribution in [1.82, 2.24) is 10.3 Å². The lowest BCUT2D eigenvalue weighted by atomic mass is 9.99. The van der Waals surface area contributed by atoms with Crippen LogP contribution in [0, 0.1) is 17.2 Å². The number of nitrogens with zero attached hydrogens (tertiary/aromatic N) is 2. The molecule has 0 radical (unpaired) electrons. The molecule has 1 aliphatic heterocycles. The van der Waals surface area contributed by atoms with Crippen LogP contribution in [0.2, 0.25) is 0 Å². The van der Waals surface area contributed by atoms with Crippen LogP contribution in [0.1, 0.15) is 18.4 Å². The third kappa shape index (κ3) is 2.71. The van der Waals surface area contributed by atoms with Crippen molar-refractivity contribution in [3.8, 4) is 6.07 Å². The van der Waals surface area contributed by atoms with E-state index in [-0.39, 0.29) is 0 Å². The van der Waals surface area contributed by atoms with Crippen LogP contribution in [0.25, 0.3) is 0 Å². The summed E-state index contributed by atoms with van der Waals surface area (Å²) in [5.74, 6) is 0.653. The first kappa shape index (κ1) is 10.9. The second-order valence-corrected chi connectivity index (χ2v) is 4.13. The van der Waals surface area contributed by atoms with Crippen molar-refractivity contribution in [1.29, 1.82) is 5.26 Å². The number of nitrogens with one attached hydrogen (secondary N) is 2. The molecule has 4 nitrogen and oxygen atoms in total. The van der Waals surface area contributed by atoms with Gasteiger partial charge in [0.15, 0.2) is 0 Å². The van der Waals surface area contributed by atoms with Crippen molar-refractivity contribution in [2.75, 3.05) is 25.0 Å². The number of anilines is 1. The van der Waals surface area contributed by atoms with Gasteiger partial charge in [0.1, 0.15) is 6.07 Å². The van der Waals surface area contributed by atoms with E-state index in [0.717, 1.165) is 25.3 Å². The Morgan fingerprint density at radius 3 is 3.31 bits per heavy atom. The molecule has 1 saturated heterocycles. The third-order valence-corrected chi connectivity index (χ3v) is 2.92. The molecule has 0 spiro atoms. The average Bonchev–Trinajstić information content (AvgIpc) is 2.38. The van der Waals surface area contributed by atoms with Crippen LogP contribution in [0.15, 0.2) is 18.5 Å². The number of rotatable bonds is 3. The molecule has 1 unspecified atom stereocenters. The molecule has 0 bridgehead atoms. The van der Waals surface area contributed by atoms with Crippen molar-refractivity contribution in [3.63, 3.8) is 0 Å². The molecule has 1 aliphatic rings. The van der Waals surface area contributed by atoms with E-state index in [9.17, 15) is 0 Å². The molecule has 0 aromatic carbocycles. The third-order valence-electron chi connectivity index (χ3n) is 2.92. The molecule has 0 aliphatic carbocycles. The van der Waals surface area contributed by atoms with Crippen molar-refractivity contribution in [2.24, 2.45) is 5.92 Å². The monoisotopic (exact) mass is 216 g/mol. The number of pyridine rings is 1. The fourth-order valence-electron chi connectivity index (χ4n) is 1.99. The van der Waals surface area contributed by atoms with E-state index in [0.29, 0.717) is 11.5 Å². The van der Waals surface area contributed by atoms with Gasteiger partial charge in [-0.05, 0) is 37.9 Å². The van der Waals surface area contributed by atoms with Gasteiger partial charge in [-0.3, -0.25) is 4.98 Å². The van der Waals surface area contributed by atoms with E-state index in [1.165, 1.54) is 12.8 Å². The molecule has 2 rings (SSSR count). The zero-order valence-electron chi connectivity index (χ0n) is 9.24. The zero-order chi connectivity index (χ0) is 11.2. The first-order valence-electron chi connectivity index (χ1n) is 5.69. The summed E-state index contributed by atoms with van der Waals surface area (Å²) in [6.45, 7) is 3.11. The minimum absolute atomic E-state index is 0.653. The van der Waals surface area contributed by atoms with Gasteiger partial charge >= 0.3 is 0 Å². The molecule has 4 heteroatoms. The standard InChI is InChI=1S/C12H16N4/c13-6-11-3-5-15-9-12(11)16-8-10-2-1-4-14-7-10/h3,5,9-10,14,16H,1-2,4,7-8H2. The summed E-state index contributed by atoms with van der Waals surface area (Å²) in [7, 11) is 0. The van der Waals surface area contributed by atoms with E-state index >= 15 is 0 Å². The Labute approximate surface area is 95.7 Å². The lowest BCUT2D eigenvalue weighted by Gasteiger charge is -2.23. The summed E-state index contributed by atoms with van der Waals surface area (Å²) < 4.78 is 0. The molecule has 84 valence electrons. The fraction of sp³-hybridized carbons (Fsp3) is 0.500. The summed E-state index contributed by atoms with van der Waals surface area (Å²) in [5.41, 5.74) is 1.51. The van der Waals surface area contributed by atoms with Crippen LogP contribution in [0.5, 0.6) is 0 Å². The van der Waals surface area contributed by atoms with Gasteiger partial charge in [0.05, 0.1) is 17.4 Å². The Hall–Kier alpha value is -1.60. The van der Waals surface area contributed by atoms with E-state index in [1.54, 1.807) is 18.5 Å². The van der Waals surface area contributed by atoms with Gasteiger partial charge < -0.3 is 10.6 Å². The van der Waals surface area contributed by atoms with E-state index in [2.05, 4.69) is 21.7 Å². The highest BCUT2D eigenvalue weighted by Gasteiger charge is 2.12. The number of aromatic nitrogens is 1. The van der Waals surface area contributed by atoms with Gasteiger partial charge in [-0.1, -0.05) is 0 Å². The largest absolute Gasteiger partial charge is 0.382 e. The van der Waals surface area contributed by atoms with Gasteiger partial charge in [-0.15, -0.1) is 0 Å². The molecule has 1 atom stereocenters. The Morgan fingerprint density at radius 1 is 1.62 bits per heavy atom. The van der Waals surface area contributed by atoms with Gasteiger partial charge in [-0.25, -0.2) is 0 Å². The van der Waals surface area contributed by atoms with Crippen LogP contribution in [0.3, 0.4) is 0 Å². The smallest absolute Gasteiger partial charge is 0.101 e. The molecule has 16 heavy (non-hydrogen) atoms. The summed E-state index contributed by atoms with van der Waals surface area (Å²) in [6, 6.07) is 3.90. The highest BCUT2D eigenvalue weighted by Crippen LogP contribution is 2.15. The highest BCUT2D eigenvalue weighted by atomic mass is 14.9. The van der Waals surface area contributed by atoms with E-state index in [4.69, 9.17) is 5.26 Å². The SMILES string of the molecule is N#Cc1ccncc1NCC1CCCNC1. The van der Waals surface area contributed by atoms with Gasteiger partial charge in [0.25, 0.3) is 0 Å². The van der Waals surface area contributed by atoms with Crippen molar-refractivity contribution < 1.29 is 0 Å². The first-order chi connectivity index (χ1) is 7.90. The Kier molecular flexibility index (Phi) is 3.73. The maximum atomic E-state index is 8.93. The Bertz CT molecular complexity index is 377. The van der Waals surface area contributed by atoms with Gasteiger partial charge in [0, 0.05) is 12.7 Å². The minimum Gasteiger partial charge on any atom is -0.382 e. The minimum atomic E-state index is 0.653. The lowest BCUT2D eigenvalue weighted by Crippen LogP contribution is -2.33. The van der Waals surface area contributed by atoms with Crippen LogP contribution < -0.4 is 10.6 Å². The maximum Gasteiger partial charge on any atom is 0.101 e. The van der Waals surface area contributed by atoms with E-state index in [1.807, 2.05) is 0 Å². The second kappa shape index (κ2) is 5.47. The van der Waals surface area contributed by atoms with Crippen LogP contribution in [-0.4, -0.2) is 24.6 Å². The normalized spacial score (nSPS) is 20.1. The van der Waals surface area contributed by atoms with Crippen molar-refractivity contribution >= 4 is 5.69 Å². The Balaban J connectivity index is 1.91. The molecule has 0 saturated carbocycles. The van der Waals surface area contributed by atoms with Crippen LogP contribution in [0.4, 0.5) is 5.69 Å². The van der Waals surface area contributed by atoms with Crippen molar-refractivity contribution in [2.45, 2.75) is 12.8 Å². The summed E-state index contributed by atoms with van der Waals surface area (Å²) in [4.78, 5) is 4.03. The molecule has 1 aromatic heterocycles. The Morgan fingerprint density at radius 2 is 2.56 bits per heavy atom. The fourth-order valence-corrected chi connectivity index (χ4v) is 1.99. The highest BCUT2D eigenvalue weighted by molar-refractivity contribution is 5.55. The van der Waals surface area contributed by atoms with E-state index < -0.39 is 0 Å². The van der Waals surface area contributed by atoms with Gasteiger partial charge in [0.2, 0.25) is 0 Å². The van der Waals surface area contributed by atoms with Crippen LogP contribution >= 0.6 is 0 Å². The molecule has 2 N–H and O–H groups in total. The molecular weight excluding hydrogens is 200 g/mol. The molecule has 0 amide bonds. The molecule has 1 fully saturated rings. The number of piperidine rings is 1.